The van der Waals surface area contributed by atoms with Crippen molar-refractivity contribution in [2.75, 3.05) is 21.3 Å². The third kappa shape index (κ3) is 6.90. The van der Waals surface area contributed by atoms with Gasteiger partial charge in [0.2, 0.25) is 0 Å². The lowest BCUT2D eigenvalue weighted by Gasteiger charge is -2.15. The zero-order chi connectivity index (χ0) is 20.9. The SMILES string of the molecule is CCC(C)OC(C=NOC(C)c1ccccc1C(=NOC)C(=O)NC)=NOC. The highest BCUT2D eigenvalue weighted by atomic mass is 16.6. The molecule has 1 rings (SSSR count). The van der Waals surface area contributed by atoms with Gasteiger partial charge in [-0.25, -0.2) is 0 Å². The van der Waals surface area contributed by atoms with Crippen molar-refractivity contribution in [1.29, 1.82) is 0 Å². The van der Waals surface area contributed by atoms with Crippen LogP contribution in [-0.4, -0.2) is 51.1 Å². The van der Waals surface area contributed by atoms with Crippen LogP contribution in [0.3, 0.4) is 0 Å². The molecule has 0 saturated carbocycles. The van der Waals surface area contributed by atoms with E-state index in [-0.39, 0.29) is 23.6 Å². The van der Waals surface area contributed by atoms with Crippen LogP contribution in [0.2, 0.25) is 0 Å². The molecule has 0 aromatic heterocycles. The number of nitrogens with zero attached hydrogens (tertiary/aromatic N) is 3. The van der Waals surface area contributed by atoms with E-state index in [0.29, 0.717) is 11.1 Å². The van der Waals surface area contributed by atoms with Crippen molar-refractivity contribution in [3.05, 3.63) is 35.4 Å². The first-order valence-electron chi connectivity index (χ1n) is 8.87. The molecule has 1 amide bonds. The molecule has 1 aromatic carbocycles. The summed E-state index contributed by atoms with van der Waals surface area (Å²) >= 11 is 0. The van der Waals surface area contributed by atoms with Crippen LogP contribution in [0.15, 0.2) is 39.7 Å². The first-order chi connectivity index (χ1) is 13.5. The summed E-state index contributed by atoms with van der Waals surface area (Å²) in [5, 5.41) is 14.1. The second-order valence-corrected chi connectivity index (χ2v) is 5.72. The minimum Gasteiger partial charge on any atom is -0.471 e. The molecule has 154 valence electrons. The summed E-state index contributed by atoms with van der Waals surface area (Å²) in [6.45, 7) is 5.70. The summed E-state index contributed by atoms with van der Waals surface area (Å²) in [6, 6.07) is 7.21. The number of likely N-dealkylation sites (N-methyl/N-ethyl adjacent to an activating group) is 1. The second kappa shape index (κ2) is 12.3. The Labute approximate surface area is 165 Å². The molecule has 0 aliphatic carbocycles. The monoisotopic (exact) mass is 392 g/mol. The maximum atomic E-state index is 12.1. The normalized spacial score (nSPS) is 14.4. The number of amides is 1. The van der Waals surface area contributed by atoms with Gasteiger partial charge in [-0.2, -0.15) is 0 Å². The van der Waals surface area contributed by atoms with Gasteiger partial charge in [0.15, 0.2) is 5.71 Å². The van der Waals surface area contributed by atoms with Gasteiger partial charge in [0.1, 0.15) is 26.5 Å². The van der Waals surface area contributed by atoms with E-state index in [1.807, 2.05) is 26.0 Å². The lowest BCUT2D eigenvalue weighted by molar-refractivity contribution is -0.114. The predicted octanol–water partition coefficient (Wildman–Crippen LogP) is 2.62. The fourth-order valence-electron chi connectivity index (χ4n) is 2.17. The quantitative estimate of drug-likeness (QED) is 0.374. The molecule has 0 aliphatic heterocycles. The lowest BCUT2D eigenvalue weighted by Crippen LogP contribution is -2.29. The van der Waals surface area contributed by atoms with Crippen LogP contribution < -0.4 is 5.32 Å². The number of benzene rings is 1. The molecule has 0 aliphatic rings. The average molecular weight is 392 g/mol. The minimum atomic E-state index is -0.480. The Hall–Kier alpha value is -3.10. The highest BCUT2D eigenvalue weighted by Crippen LogP contribution is 2.22. The molecule has 1 N–H and O–H groups in total. The Kier molecular flexibility index (Phi) is 10.1. The van der Waals surface area contributed by atoms with E-state index in [1.165, 1.54) is 27.5 Å². The molecule has 0 spiro atoms. The highest BCUT2D eigenvalue weighted by molar-refractivity contribution is 6.45. The molecule has 28 heavy (non-hydrogen) atoms. The predicted molar refractivity (Wildman–Crippen MR) is 107 cm³/mol. The molecule has 0 radical (unpaired) electrons. The Morgan fingerprint density at radius 1 is 1.18 bits per heavy atom. The van der Waals surface area contributed by atoms with Crippen LogP contribution >= 0.6 is 0 Å². The third-order valence-electron chi connectivity index (χ3n) is 3.74. The van der Waals surface area contributed by atoms with Gasteiger partial charge >= 0.3 is 0 Å². The third-order valence-corrected chi connectivity index (χ3v) is 3.74. The van der Waals surface area contributed by atoms with Crippen LogP contribution in [-0.2, 0) is 24.0 Å². The van der Waals surface area contributed by atoms with Gasteiger partial charge in [-0.3, -0.25) is 4.79 Å². The Morgan fingerprint density at radius 3 is 2.46 bits per heavy atom. The number of carbonyl (C=O) groups is 1. The van der Waals surface area contributed by atoms with E-state index in [1.54, 1.807) is 19.1 Å². The summed E-state index contributed by atoms with van der Waals surface area (Å²) < 4.78 is 5.57. The molecule has 0 fully saturated rings. The average Bonchev–Trinajstić information content (AvgIpc) is 2.71. The van der Waals surface area contributed by atoms with Crippen molar-refractivity contribution in [2.24, 2.45) is 15.5 Å². The van der Waals surface area contributed by atoms with Gasteiger partial charge in [-0.1, -0.05) is 41.5 Å². The van der Waals surface area contributed by atoms with E-state index in [4.69, 9.17) is 19.2 Å². The largest absolute Gasteiger partial charge is 0.471 e. The first-order valence-corrected chi connectivity index (χ1v) is 8.87. The Balaban J connectivity index is 3.01. The van der Waals surface area contributed by atoms with Crippen LogP contribution in [0.5, 0.6) is 0 Å². The van der Waals surface area contributed by atoms with Gasteiger partial charge in [0, 0.05) is 18.2 Å². The van der Waals surface area contributed by atoms with Crippen LogP contribution in [0, 0.1) is 0 Å². The number of rotatable bonds is 10. The Morgan fingerprint density at radius 2 is 1.86 bits per heavy atom. The van der Waals surface area contributed by atoms with Crippen molar-refractivity contribution in [1.82, 2.24) is 5.32 Å². The standard InChI is InChI=1S/C19H28N4O5/c1-7-13(2)27-17(22-25-5)12-21-28-14(3)15-10-8-9-11-16(15)18(23-26-6)19(24)20-4/h8-14H,7H2,1-6H3,(H,20,24). The molecule has 1 aromatic rings. The fraction of sp³-hybridized carbons (Fsp3) is 0.474. The summed E-state index contributed by atoms with van der Waals surface area (Å²) in [6.07, 6.45) is 1.62. The van der Waals surface area contributed by atoms with Crippen LogP contribution in [0.1, 0.15) is 44.4 Å². The molecular weight excluding hydrogens is 364 g/mol. The maximum absolute atomic E-state index is 12.1. The van der Waals surface area contributed by atoms with E-state index in [2.05, 4.69) is 20.8 Å². The molecule has 2 atom stereocenters. The number of hydrogen-bond acceptors (Lipinski definition) is 8. The van der Waals surface area contributed by atoms with Crippen molar-refractivity contribution >= 4 is 23.7 Å². The van der Waals surface area contributed by atoms with Gasteiger partial charge in [-0.15, -0.1) is 0 Å². The summed E-state index contributed by atoms with van der Waals surface area (Å²) in [4.78, 5) is 27.2. The smallest absolute Gasteiger partial charge is 0.273 e. The number of oxime groups is 3. The molecule has 0 saturated heterocycles. The van der Waals surface area contributed by atoms with Gasteiger partial charge < -0.3 is 24.6 Å². The summed E-state index contributed by atoms with van der Waals surface area (Å²) in [7, 11) is 4.32. The fourth-order valence-corrected chi connectivity index (χ4v) is 2.17. The molecule has 0 heterocycles. The zero-order valence-corrected chi connectivity index (χ0v) is 17.1. The molecule has 2 unspecified atom stereocenters. The van der Waals surface area contributed by atoms with Crippen molar-refractivity contribution in [2.45, 2.75) is 39.4 Å². The number of hydrogen-bond donors (Lipinski definition) is 1. The topological polar surface area (TPSA) is 103 Å². The molecule has 9 heteroatoms. The number of nitrogens with one attached hydrogen (secondary N) is 1. The van der Waals surface area contributed by atoms with Crippen molar-refractivity contribution in [3.63, 3.8) is 0 Å². The van der Waals surface area contributed by atoms with E-state index in [0.717, 1.165) is 6.42 Å². The van der Waals surface area contributed by atoms with Crippen molar-refractivity contribution in [3.8, 4) is 0 Å². The van der Waals surface area contributed by atoms with Crippen molar-refractivity contribution < 1.29 is 24.0 Å². The van der Waals surface area contributed by atoms with Gasteiger partial charge in [-0.05, 0) is 25.4 Å². The summed E-state index contributed by atoms with van der Waals surface area (Å²) in [5.74, 6) is -0.175. The molecular formula is C19H28N4O5. The number of carbonyl (C=O) groups excluding carboxylic acids is 1. The van der Waals surface area contributed by atoms with Crippen LogP contribution in [0.25, 0.3) is 0 Å². The second-order valence-electron chi connectivity index (χ2n) is 5.72. The Bertz CT molecular complexity index is 718. The minimum absolute atomic E-state index is 0.0427. The zero-order valence-electron chi connectivity index (χ0n) is 17.1. The van der Waals surface area contributed by atoms with Gasteiger partial charge in [0.05, 0.1) is 6.10 Å². The van der Waals surface area contributed by atoms with E-state index < -0.39 is 6.10 Å². The number of ether oxygens (including phenoxy) is 1. The maximum Gasteiger partial charge on any atom is 0.273 e. The summed E-state index contributed by atoms with van der Waals surface area (Å²) in [5.41, 5.74) is 1.43. The molecule has 9 nitrogen and oxygen atoms in total. The van der Waals surface area contributed by atoms with Gasteiger partial charge in [0.25, 0.3) is 11.8 Å². The first kappa shape index (κ1) is 22.9. The lowest BCUT2D eigenvalue weighted by atomic mass is 9.99. The van der Waals surface area contributed by atoms with Crippen LogP contribution in [0.4, 0.5) is 0 Å². The highest BCUT2D eigenvalue weighted by Gasteiger charge is 2.21. The van der Waals surface area contributed by atoms with E-state index in [9.17, 15) is 4.79 Å². The molecule has 0 bridgehead atoms. The van der Waals surface area contributed by atoms with E-state index >= 15 is 0 Å².